The van der Waals surface area contributed by atoms with Crippen molar-refractivity contribution in [1.29, 1.82) is 0 Å². The second-order valence-corrected chi connectivity index (χ2v) is 6.35. The molecule has 1 aromatic rings. The molecule has 0 saturated carbocycles. The summed E-state index contributed by atoms with van der Waals surface area (Å²) in [6.45, 7) is 2.10. The summed E-state index contributed by atoms with van der Waals surface area (Å²) >= 11 is 0. The van der Waals surface area contributed by atoms with Gasteiger partial charge in [0.05, 0.1) is 0 Å². The number of fused-ring (bicyclic) bond motifs is 2. The molecule has 2 unspecified atom stereocenters. The maximum Gasteiger partial charge on any atom is 0.0365 e. The summed E-state index contributed by atoms with van der Waals surface area (Å²) in [5.41, 5.74) is 9.20. The van der Waals surface area contributed by atoms with Gasteiger partial charge in [0, 0.05) is 29.5 Å². The van der Waals surface area contributed by atoms with Crippen LogP contribution in [0.4, 0.5) is 11.4 Å². The first kappa shape index (κ1) is 12.8. The molecule has 0 amide bonds. The molecule has 0 spiro atoms. The molecule has 2 fully saturated rings. The van der Waals surface area contributed by atoms with Crippen LogP contribution in [-0.4, -0.2) is 30.1 Å². The lowest BCUT2D eigenvalue weighted by Gasteiger charge is -2.47. The van der Waals surface area contributed by atoms with Crippen molar-refractivity contribution >= 4 is 11.4 Å². The number of rotatable bonds is 2. The number of piperidine rings is 2. The lowest BCUT2D eigenvalue weighted by atomic mass is 9.82. The lowest BCUT2D eigenvalue weighted by Crippen LogP contribution is -2.52. The highest BCUT2D eigenvalue weighted by atomic mass is 15.2. The topological polar surface area (TPSA) is 41.3 Å². The van der Waals surface area contributed by atoms with Gasteiger partial charge in [-0.15, -0.1) is 0 Å². The highest BCUT2D eigenvalue weighted by molar-refractivity contribution is 5.57. The first-order valence-corrected chi connectivity index (χ1v) is 7.47. The second kappa shape index (κ2) is 5.04. The molecule has 19 heavy (non-hydrogen) atoms. The number of hydrogen-bond donors (Lipinski definition) is 2. The van der Waals surface area contributed by atoms with Gasteiger partial charge in [0.15, 0.2) is 0 Å². The van der Waals surface area contributed by atoms with E-state index in [0.717, 1.165) is 17.8 Å². The van der Waals surface area contributed by atoms with E-state index in [1.807, 2.05) is 6.07 Å². The number of nitrogens with one attached hydrogen (secondary N) is 1. The van der Waals surface area contributed by atoms with Crippen molar-refractivity contribution in [3.05, 3.63) is 23.8 Å². The Labute approximate surface area is 116 Å². The van der Waals surface area contributed by atoms with E-state index in [0.29, 0.717) is 6.04 Å². The van der Waals surface area contributed by atoms with Crippen LogP contribution < -0.4 is 11.1 Å². The third-order valence-corrected chi connectivity index (χ3v) is 4.81. The van der Waals surface area contributed by atoms with Crippen LogP contribution in [0.5, 0.6) is 0 Å². The molecule has 2 aliphatic heterocycles. The third-order valence-electron chi connectivity index (χ3n) is 4.81. The van der Waals surface area contributed by atoms with Gasteiger partial charge in [-0.2, -0.15) is 0 Å². The Kier molecular flexibility index (Phi) is 3.40. The molecule has 0 radical (unpaired) electrons. The molecule has 2 saturated heterocycles. The van der Waals surface area contributed by atoms with Crippen molar-refractivity contribution in [1.82, 2.24) is 4.90 Å². The Morgan fingerprint density at radius 3 is 2.47 bits per heavy atom. The largest absolute Gasteiger partial charge is 0.399 e. The molecule has 104 valence electrons. The molecular weight excluding hydrogens is 234 g/mol. The Morgan fingerprint density at radius 1 is 1.16 bits per heavy atom. The number of nitrogens with two attached hydrogens (primary N) is 1. The molecule has 3 heteroatoms. The van der Waals surface area contributed by atoms with Crippen molar-refractivity contribution < 1.29 is 0 Å². The van der Waals surface area contributed by atoms with Gasteiger partial charge in [-0.25, -0.2) is 0 Å². The van der Waals surface area contributed by atoms with Crippen molar-refractivity contribution in [3.8, 4) is 0 Å². The van der Waals surface area contributed by atoms with Gasteiger partial charge in [-0.1, -0.05) is 6.42 Å². The van der Waals surface area contributed by atoms with Gasteiger partial charge in [0.1, 0.15) is 0 Å². The number of benzene rings is 1. The summed E-state index contributed by atoms with van der Waals surface area (Å²) in [4.78, 5) is 2.60. The van der Waals surface area contributed by atoms with Gasteiger partial charge in [0.25, 0.3) is 0 Å². The minimum Gasteiger partial charge on any atom is -0.399 e. The van der Waals surface area contributed by atoms with E-state index < -0.39 is 0 Å². The number of anilines is 2. The molecule has 3 nitrogen and oxygen atoms in total. The van der Waals surface area contributed by atoms with E-state index >= 15 is 0 Å². The van der Waals surface area contributed by atoms with Crippen LogP contribution in [0.2, 0.25) is 0 Å². The van der Waals surface area contributed by atoms with Gasteiger partial charge in [0.2, 0.25) is 0 Å². The summed E-state index contributed by atoms with van der Waals surface area (Å²) in [5, 5.41) is 3.70. The van der Waals surface area contributed by atoms with Crippen LogP contribution in [0.3, 0.4) is 0 Å². The van der Waals surface area contributed by atoms with Crippen LogP contribution in [0.25, 0.3) is 0 Å². The SMILES string of the molecule is Cc1cc(N)cc(NC2CC3CCCC(C2)N3C)c1. The van der Waals surface area contributed by atoms with E-state index in [9.17, 15) is 0 Å². The molecule has 2 atom stereocenters. The third kappa shape index (κ3) is 2.71. The normalized spacial score (nSPS) is 31.2. The molecule has 3 N–H and O–H groups in total. The first-order valence-electron chi connectivity index (χ1n) is 7.47. The van der Waals surface area contributed by atoms with E-state index in [-0.39, 0.29) is 0 Å². The highest BCUT2D eigenvalue weighted by Crippen LogP contribution is 2.34. The summed E-state index contributed by atoms with van der Waals surface area (Å²) in [5.74, 6) is 0. The van der Waals surface area contributed by atoms with E-state index in [2.05, 4.69) is 36.3 Å². The average molecular weight is 259 g/mol. The van der Waals surface area contributed by atoms with E-state index in [1.54, 1.807) is 0 Å². The molecule has 0 aliphatic carbocycles. The number of nitrogens with zero attached hydrogens (tertiary/aromatic N) is 1. The Morgan fingerprint density at radius 2 is 1.84 bits per heavy atom. The first-order chi connectivity index (χ1) is 9.11. The van der Waals surface area contributed by atoms with Crippen LogP contribution >= 0.6 is 0 Å². The quantitative estimate of drug-likeness (QED) is 0.802. The smallest absolute Gasteiger partial charge is 0.0365 e. The zero-order valence-corrected chi connectivity index (χ0v) is 12.0. The fourth-order valence-corrected chi connectivity index (χ4v) is 3.87. The molecular formula is C16H25N3. The van der Waals surface area contributed by atoms with Crippen molar-refractivity contribution in [2.45, 2.75) is 57.2 Å². The monoisotopic (exact) mass is 259 g/mol. The Hall–Kier alpha value is -1.22. The number of nitrogen functional groups attached to an aromatic ring is 1. The Balaban J connectivity index is 1.70. The second-order valence-electron chi connectivity index (χ2n) is 6.35. The summed E-state index contributed by atoms with van der Waals surface area (Å²) < 4.78 is 0. The molecule has 2 aliphatic rings. The minimum absolute atomic E-state index is 0.604. The summed E-state index contributed by atoms with van der Waals surface area (Å²) in [7, 11) is 2.30. The van der Waals surface area contributed by atoms with Crippen molar-refractivity contribution in [2.75, 3.05) is 18.1 Å². The maximum atomic E-state index is 5.93. The molecule has 1 aromatic carbocycles. The average Bonchev–Trinajstić information content (AvgIpc) is 2.29. The zero-order valence-electron chi connectivity index (χ0n) is 12.0. The van der Waals surface area contributed by atoms with Gasteiger partial charge in [-0.3, -0.25) is 0 Å². The van der Waals surface area contributed by atoms with Gasteiger partial charge < -0.3 is 16.0 Å². The van der Waals surface area contributed by atoms with Crippen molar-refractivity contribution in [2.24, 2.45) is 0 Å². The minimum atomic E-state index is 0.604. The number of aryl methyl sites for hydroxylation is 1. The maximum absolute atomic E-state index is 5.93. The lowest BCUT2D eigenvalue weighted by molar-refractivity contribution is 0.0608. The summed E-state index contributed by atoms with van der Waals surface area (Å²) in [6, 6.07) is 8.42. The fourth-order valence-electron chi connectivity index (χ4n) is 3.87. The molecule has 0 aromatic heterocycles. The predicted octanol–water partition coefficient (Wildman–Crippen LogP) is 3.00. The fraction of sp³-hybridized carbons (Fsp3) is 0.625. The molecule has 2 bridgehead atoms. The van der Waals surface area contributed by atoms with E-state index in [4.69, 9.17) is 5.73 Å². The molecule has 2 heterocycles. The van der Waals surface area contributed by atoms with Gasteiger partial charge >= 0.3 is 0 Å². The van der Waals surface area contributed by atoms with Crippen molar-refractivity contribution in [3.63, 3.8) is 0 Å². The van der Waals surface area contributed by atoms with Crippen LogP contribution in [0.1, 0.15) is 37.7 Å². The van der Waals surface area contributed by atoms with Crippen LogP contribution in [0, 0.1) is 6.92 Å². The van der Waals surface area contributed by atoms with Crippen LogP contribution in [-0.2, 0) is 0 Å². The number of hydrogen-bond acceptors (Lipinski definition) is 3. The Bertz CT molecular complexity index is 423. The standard InChI is InChI=1S/C16H25N3/c1-11-6-12(17)8-13(7-11)18-14-9-15-4-3-5-16(10-14)19(15)2/h6-8,14-16,18H,3-5,9-10,17H2,1-2H3. The highest BCUT2D eigenvalue weighted by Gasteiger charge is 2.35. The predicted molar refractivity (Wildman–Crippen MR) is 81.4 cm³/mol. The summed E-state index contributed by atoms with van der Waals surface area (Å²) in [6.07, 6.45) is 6.66. The zero-order chi connectivity index (χ0) is 13.4. The van der Waals surface area contributed by atoms with Crippen LogP contribution in [0.15, 0.2) is 18.2 Å². The van der Waals surface area contributed by atoms with E-state index in [1.165, 1.54) is 43.4 Å². The van der Waals surface area contributed by atoms with Gasteiger partial charge in [-0.05, 0) is 63.4 Å². The molecule has 3 rings (SSSR count).